The highest BCUT2D eigenvalue weighted by Crippen LogP contribution is 2.29. The number of benzene rings is 1. The molecule has 1 saturated heterocycles. The summed E-state index contributed by atoms with van der Waals surface area (Å²) in [6, 6.07) is 6.23. The van der Waals surface area contributed by atoms with E-state index in [1.165, 1.54) is 0 Å². The van der Waals surface area contributed by atoms with Crippen molar-refractivity contribution in [3.05, 3.63) is 29.8 Å². The van der Waals surface area contributed by atoms with E-state index in [-0.39, 0.29) is 67.1 Å². The van der Waals surface area contributed by atoms with Crippen LogP contribution in [0.4, 0.5) is 5.69 Å². The lowest BCUT2D eigenvalue weighted by Crippen LogP contribution is -2.55. The minimum absolute atomic E-state index is 0.00289. The van der Waals surface area contributed by atoms with Gasteiger partial charge in [0.25, 0.3) is 0 Å². The molecule has 0 aliphatic carbocycles. The number of anilines is 1. The third-order valence-corrected chi connectivity index (χ3v) is 10.5. The Balaban J connectivity index is 2.14. The van der Waals surface area contributed by atoms with E-state index in [0.717, 1.165) is 24.1 Å². The molecule has 0 saturated carbocycles. The quantitative estimate of drug-likeness (QED) is 0.150. The van der Waals surface area contributed by atoms with E-state index in [1.54, 1.807) is 38.0 Å². The van der Waals surface area contributed by atoms with Crippen LogP contribution in [0, 0.1) is 17.8 Å². The maximum atomic E-state index is 14.0. The van der Waals surface area contributed by atoms with Gasteiger partial charge in [0.15, 0.2) is 0 Å². The molecule has 13 heteroatoms. The molecule has 1 aromatic carbocycles. The number of likely N-dealkylation sites (N-methyl/N-ethyl adjacent to an activating group) is 2. The number of likely N-dealkylation sites (tertiary alicyclic amines) is 1. The smallest absolute Gasteiger partial charge is 0.242 e. The summed E-state index contributed by atoms with van der Waals surface area (Å²) in [5, 5.41) is 18.9. The first kappa shape index (κ1) is 43.9. The second-order valence-corrected chi connectivity index (χ2v) is 14.6. The largest absolute Gasteiger partial charge is 0.394 e. The van der Waals surface area contributed by atoms with Crippen molar-refractivity contribution < 1.29 is 33.8 Å². The van der Waals surface area contributed by atoms with Crippen LogP contribution in [0.3, 0.4) is 0 Å². The van der Waals surface area contributed by atoms with Gasteiger partial charge >= 0.3 is 0 Å². The molecule has 290 valence electrons. The van der Waals surface area contributed by atoms with Gasteiger partial charge in [-0.1, -0.05) is 53.2 Å². The molecule has 0 spiro atoms. The summed E-state index contributed by atoms with van der Waals surface area (Å²) in [6.07, 6.45) is 1.54. The van der Waals surface area contributed by atoms with Gasteiger partial charge in [0.2, 0.25) is 23.6 Å². The first-order valence-electron chi connectivity index (χ1n) is 18.4. The van der Waals surface area contributed by atoms with E-state index in [1.807, 2.05) is 78.0 Å². The molecule has 51 heavy (non-hydrogen) atoms. The van der Waals surface area contributed by atoms with Gasteiger partial charge in [0.05, 0.1) is 61.9 Å². The van der Waals surface area contributed by atoms with Gasteiger partial charge in [-0.15, -0.1) is 0 Å². The van der Waals surface area contributed by atoms with Crippen LogP contribution < -0.4 is 16.0 Å². The number of nitrogens with one attached hydrogen (secondary N) is 3. The van der Waals surface area contributed by atoms with Crippen molar-refractivity contribution >= 4 is 29.3 Å². The lowest BCUT2D eigenvalue weighted by molar-refractivity contribution is -0.146. The summed E-state index contributed by atoms with van der Waals surface area (Å²) in [5.41, 5.74) is 1.96. The Labute approximate surface area is 306 Å². The molecule has 0 radical (unpaired) electrons. The Bertz CT molecular complexity index is 1240. The Kier molecular flexibility index (Phi) is 18.3. The molecule has 8 atom stereocenters. The maximum Gasteiger partial charge on any atom is 0.242 e. The van der Waals surface area contributed by atoms with Gasteiger partial charge in [-0.25, -0.2) is 0 Å². The number of carbonyl (C=O) groups excluding carboxylic acids is 4. The molecular formula is C38H66N6O7. The second-order valence-electron chi connectivity index (χ2n) is 14.6. The highest BCUT2D eigenvalue weighted by atomic mass is 16.5. The number of aliphatic hydroxyl groups excluding tert-OH is 1. The summed E-state index contributed by atoms with van der Waals surface area (Å²) in [4.78, 5) is 59.1. The molecule has 4 N–H and O–H groups in total. The highest BCUT2D eigenvalue weighted by molar-refractivity contribution is 5.87. The lowest BCUT2D eigenvalue weighted by atomic mass is 9.90. The van der Waals surface area contributed by atoms with Crippen molar-refractivity contribution in [3.63, 3.8) is 0 Å². The zero-order valence-electron chi connectivity index (χ0n) is 32.9. The number of nitrogens with zero attached hydrogens (tertiary/aromatic N) is 3. The molecule has 0 bridgehead atoms. The Hall–Kier alpha value is -3.26. The predicted molar refractivity (Wildman–Crippen MR) is 200 cm³/mol. The standard InChI is InChI=1S/C38H66N6O7/c1-12-25(4)35(43(9)33(47)22-40-38(49)34(24(2)3)42(7)8)31(50-10)21-32(46)44-19-13-14-30(44)36(51-11)26(5)37(48)41-29(23-45)20-27-15-17-28(39-6)18-16-27/h15-18,24-26,29-31,34-36,39,45H,12-14,19-23H2,1-11H3,(H,40,49)(H,41,48). The molecule has 1 fully saturated rings. The first-order valence-corrected chi connectivity index (χ1v) is 18.4. The van der Waals surface area contributed by atoms with Crippen LogP contribution in [-0.2, 0) is 35.1 Å². The summed E-state index contributed by atoms with van der Waals surface area (Å²) >= 11 is 0. The zero-order valence-corrected chi connectivity index (χ0v) is 32.9. The minimum atomic E-state index is -0.599. The van der Waals surface area contributed by atoms with Gasteiger partial charge in [-0.3, -0.25) is 24.1 Å². The number of amides is 4. The second kappa shape index (κ2) is 21.3. The number of hydrogen-bond acceptors (Lipinski definition) is 9. The summed E-state index contributed by atoms with van der Waals surface area (Å²) in [6.45, 7) is 9.92. The maximum absolute atomic E-state index is 14.0. The fraction of sp³-hybridized carbons (Fsp3) is 0.737. The van der Waals surface area contributed by atoms with Gasteiger partial charge in [-0.2, -0.15) is 0 Å². The molecule has 0 aromatic heterocycles. The summed E-state index contributed by atoms with van der Waals surface area (Å²) < 4.78 is 11.8. The lowest BCUT2D eigenvalue weighted by Gasteiger charge is -2.39. The number of carbonyl (C=O) groups is 4. The number of rotatable bonds is 21. The molecule has 8 unspecified atom stereocenters. The molecule has 13 nitrogen and oxygen atoms in total. The number of methoxy groups -OCH3 is 2. The van der Waals surface area contributed by atoms with Crippen molar-refractivity contribution in [1.29, 1.82) is 0 Å². The average molecular weight is 719 g/mol. The van der Waals surface area contributed by atoms with Crippen LogP contribution in [0.5, 0.6) is 0 Å². The average Bonchev–Trinajstić information content (AvgIpc) is 3.59. The number of ether oxygens (including phenoxy) is 2. The molecule has 2 rings (SSSR count). The van der Waals surface area contributed by atoms with E-state index in [9.17, 15) is 24.3 Å². The van der Waals surface area contributed by atoms with Gasteiger partial charge in [-0.05, 0) is 62.9 Å². The Morgan fingerprint density at radius 2 is 1.65 bits per heavy atom. The molecule has 4 amide bonds. The Morgan fingerprint density at radius 1 is 1.00 bits per heavy atom. The van der Waals surface area contributed by atoms with E-state index in [0.29, 0.717) is 19.4 Å². The monoisotopic (exact) mass is 718 g/mol. The van der Waals surface area contributed by atoms with E-state index in [2.05, 4.69) is 16.0 Å². The van der Waals surface area contributed by atoms with E-state index < -0.39 is 30.2 Å². The van der Waals surface area contributed by atoms with Gasteiger partial charge < -0.3 is 40.3 Å². The summed E-state index contributed by atoms with van der Waals surface area (Å²) in [7, 11) is 10.3. The van der Waals surface area contributed by atoms with Crippen molar-refractivity contribution in [3.8, 4) is 0 Å². The van der Waals surface area contributed by atoms with Crippen LogP contribution >= 0.6 is 0 Å². The van der Waals surface area contributed by atoms with Crippen molar-refractivity contribution in [2.24, 2.45) is 17.8 Å². The van der Waals surface area contributed by atoms with Crippen molar-refractivity contribution in [1.82, 2.24) is 25.3 Å². The van der Waals surface area contributed by atoms with Crippen LogP contribution in [0.25, 0.3) is 0 Å². The van der Waals surface area contributed by atoms with Crippen LogP contribution in [0.1, 0.15) is 65.9 Å². The van der Waals surface area contributed by atoms with Crippen molar-refractivity contribution in [2.75, 3.05) is 67.4 Å². The van der Waals surface area contributed by atoms with Crippen LogP contribution in [-0.4, -0.2) is 142 Å². The molecule has 1 aromatic rings. The molecular weight excluding hydrogens is 652 g/mol. The molecule has 1 aliphatic rings. The first-order chi connectivity index (χ1) is 24.1. The zero-order chi connectivity index (χ0) is 38.4. The fourth-order valence-electron chi connectivity index (χ4n) is 7.44. The SMILES string of the molecule is CCC(C)C(C(CC(=O)N1CCCC1C(OC)C(C)C(=O)NC(CO)Cc1ccc(NC)cc1)OC)N(C)C(=O)CNC(=O)C(C(C)C)N(C)C. The minimum Gasteiger partial charge on any atom is -0.394 e. The third kappa shape index (κ3) is 12.2. The Morgan fingerprint density at radius 3 is 2.16 bits per heavy atom. The fourth-order valence-corrected chi connectivity index (χ4v) is 7.44. The molecule has 1 heterocycles. The van der Waals surface area contributed by atoms with E-state index in [4.69, 9.17) is 9.47 Å². The van der Waals surface area contributed by atoms with Crippen molar-refractivity contribution in [2.45, 2.75) is 103 Å². The third-order valence-electron chi connectivity index (χ3n) is 10.5. The highest BCUT2D eigenvalue weighted by Gasteiger charge is 2.42. The number of aliphatic hydroxyl groups is 1. The van der Waals surface area contributed by atoms with Gasteiger partial charge in [0.1, 0.15) is 0 Å². The predicted octanol–water partition coefficient (Wildman–Crippen LogP) is 2.37. The number of hydrogen-bond donors (Lipinski definition) is 4. The van der Waals surface area contributed by atoms with Crippen LogP contribution in [0.15, 0.2) is 24.3 Å². The normalized spacial score (nSPS) is 18.8. The van der Waals surface area contributed by atoms with E-state index >= 15 is 0 Å². The topological polar surface area (TPSA) is 153 Å². The molecule has 1 aliphatic heterocycles. The van der Waals surface area contributed by atoms with Crippen LogP contribution in [0.2, 0.25) is 0 Å². The van der Waals surface area contributed by atoms with Gasteiger partial charge in [0, 0.05) is 40.5 Å². The summed E-state index contributed by atoms with van der Waals surface area (Å²) in [5.74, 6) is -1.39.